The van der Waals surface area contributed by atoms with E-state index in [0.717, 1.165) is 54.6 Å². The van der Waals surface area contributed by atoms with Gasteiger partial charge in [-0.05, 0) is 66.2 Å². The van der Waals surface area contributed by atoms with Crippen LogP contribution in [0.1, 0.15) is 0 Å². The maximum Gasteiger partial charge on any atom is 1.00 e. The molecule has 15 nitrogen and oxygen atoms in total. The molecule has 0 aromatic heterocycles. The van der Waals surface area contributed by atoms with Gasteiger partial charge in [-0.3, -0.25) is 0 Å². The summed E-state index contributed by atoms with van der Waals surface area (Å²) in [6.45, 7) is 0. The second-order valence-electron chi connectivity index (χ2n) is 8.26. The number of phenolic OH excluding ortho intramolecular Hbond substituents is 2. The molecular weight excluding hydrogens is 685 g/mol. The number of rotatable bonds is 8. The summed E-state index contributed by atoms with van der Waals surface area (Å²) < 4.78 is 101. The molecule has 0 atom stereocenters. The Hall–Kier alpha value is -1.59. The molecule has 218 valence electrons. The van der Waals surface area contributed by atoms with Crippen molar-refractivity contribution in [3.63, 3.8) is 0 Å². The van der Waals surface area contributed by atoms with Gasteiger partial charge >= 0.3 is 88.7 Å². The van der Waals surface area contributed by atoms with Gasteiger partial charge in [-0.2, -0.15) is 10.2 Å². The molecule has 2 N–H and O–H groups in total. The molecular formula is C24H15N4Na3O11S3. The normalized spacial score (nSPS) is 11.9. The Morgan fingerprint density at radius 1 is 0.467 bits per heavy atom. The molecule has 4 aromatic carbocycles. The predicted molar refractivity (Wildman–Crippen MR) is 140 cm³/mol. The van der Waals surface area contributed by atoms with E-state index in [1.807, 2.05) is 0 Å². The van der Waals surface area contributed by atoms with Gasteiger partial charge in [-0.1, -0.05) is 12.1 Å². The first-order chi connectivity index (χ1) is 19.5. The number of phenols is 2. The summed E-state index contributed by atoms with van der Waals surface area (Å²) in [5.41, 5.74) is -0.746. The van der Waals surface area contributed by atoms with E-state index >= 15 is 0 Å². The van der Waals surface area contributed by atoms with Crippen LogP contribution in [0.15, 0.2) is 114 Å². The minimum Gasteiger partial charge on any atom is -0.744 e. The topological polar surface area (TPSA) is 262 Å². The third-order valence-corrected chi connectivity index (χ3v) is 8.01. The number of benzene rings is 4. The Labute approximate surface area is 323 Å². The zero-order chi connectivity index (χ0) is 30.9. The fourth-order valence-corrected chi connectivity index (χ4v) is 4.84. The van der Waals surface area contributed by atoms with Crippen LogP contribution < -0.4 is 88.7 Å². The molecule has 0 aliphatic carbocycles. The van der Waals surface area contributed by atoms with Gasteiger partial charge in [0, 0.05) is 6.07 Å². The first-order valence-electron chi connectivity index (χ1n) is 11.1. The van der Waals surface area contributed by atoms with E-state index in [0.29, 0.717) is 0 Å². The first kappa shape index (κ1) is 41.4. The van der Waals surface area contributed by atoms with Crippen molar-refractivity contribution in [1.29, 1.82) is 0 Å². The quantitative estimate of drug-likeness (QED) is 0.100. The summed E-state index contributed by atoms with van der Waals surface area (Å²) in [7, 11) is -14.2. The molecule has 0 saturated heterocycles. The summed E-state index contributed by atoms with van der Waals surface area (Å²) >= 11 is 0. The van der Waals surface area contributed by atoms with Gasteiger partial charge in [0.25, 0.3) is 0 Å². The Balaban J connectivity index is 0.00000337. The zero-order valence-corrected chi connectivity index (χ0v) is 32.0. The number of aromatic hydroxyl groups is 2. The first-order valence-corrected chi connectivity index (χ1v) is 15.4. The SMILES string of the molecule is O=S(=O)([O-])c1ccc(N=Nc2cc(N=Nc3ccc(S(=O)(=O)[O-])cc3)c(O)c(-c3ccc(S(=O)(=O)[O-])cc3)c2O)cc1.[Na+].[Na+].[Na+]. The molecule has 4 rings (SSSR count). The molecule has 45 heavy (non-hydrogen) atoms. The summed E-state index contributed by atoms with van der Waals surface area (Å²) in [5.74, 6) is -1.31. The molecule has 0 amide bonds. The van der Waals surface area contributed by atoms with Crippen LogP contribution in [-0.2, 0) is 30.4 Å². The Morgan fingerprint density at radius 3 is 1.04 bits per heavy atom. The molecule has 0 unspecified atom stereocenters. The minimum atomic E-state index is -4.80. The number of hydrogen-bond donors (Lipinski definition) is 2. The van der Waals surface area contributed by atoms with E-state index in [9.17, 15) is 49.1 Å². The Kier molecular flexibility index (Phi) is 15.2. The smallest absolute Gasteiger partial charge is 0.744 e. The van der Waals surface area contributed by atoms with E-state index in [1.54, 1.807) is 0 Å². The Morgan fingerprint density at radius 2 is 0.756 bits per heavy atom. The average Bonchev–Trinajstić information content (AvgIpc) is 2.91. The summed E-state index contributed by atoms with van der Waals surface area (Å²) in [4.78, 5) is -1.60. The van der Waals surface area contributed by atoms with Crippen LogP contribution >= 0.6 is 0 Å². The maximum absolute atomic E-state index is 11.3. The third-order valence-electron chi connectivity index (χ3n) is 5.46. The van der Waals surface area contributed by atoms with Crippen LogP contribution in [0.25, 0.3) is 11.1 Å². The van der Waals surface area contributed by atoms with E-state index in [-0.39, 0.29) is 123 Å². The maximum atomic E-state index is 11.3. The molecule has 0 heterocycles. The molecule has 21 heteroatoms. The van der Waals surface area contributed by atoms with Gasteiger partial charge in [0.1, 0.15) is 41.7 Å². The fraction of sp³-hybridized carbons (Fsp3) is 0. The van der Waals surface area contributed by atoms with Crippen LogP contribution in [0.4, 0.5) is 22.7 Å². The van der Waals surface area contributed by atoms with Gasteiger partial charge in [-0.25, -0.2) is 25.3 Å². The fourth-order valence-electron chi connectivity index (χ4n) is 3.43. The molecule has 0 fully saturated rings. The molecule has 4 aromatic rings. The van der Waals surface area contributed by atoms with Crippen molar-refractivity contribution < 1.29 is 138 Å². The molecule has 0 radical (unpaired) electrons. The average molecular weight is 701 g/mol. The van der Waals surface area contributed by atoms with Crippen LogP contribution in [-0.4, -0.2) is 49.1 Å². The van der Waals surface area contributed by atoms with E-state index < -0.39 is 56.5 Å². The standard InChI is InChI=1S/C24H18N4O11S3.3Na/c29-23-20(27-25-15-3-9-18(10-4-15)41(34,35)36)13-21(28-26-16-5-11-19(12-6-16)42(37,38)39)24(30)22(23)14-1-7-17(8-2-14)40(31,32)33;;;/h1-13,29-30H,(H,31,32,33)(H,34,35,36)(H,37,38,39);;;/q;3*+1/p-3. The molecule has 0 aliphatic heterocycles. The van der Waals surface area contributed by atoms with Gasteiger partial charge in [0.05, 0.1) is 31.6 Å². The van der Waals surface area contributed by atoms with Crippen molar-refractivity contribution in [3.8, 4) is 22.6 Å². The van der Waals surface area contributed by atoms with Gasteiger partial charge < -0.3 is 23.9 Å². The van der Waals surface area contributed by atoms with Crippen LogP contribution in [0.5, 0.6) is 11.5 Å². The van der Waals surface area contributed by atoms with Crippen molar-refractivity contribution in [2.75, 3.05) is 0 Å². The Bertz CT molecular complexity index is 1950. The summed E-state index contributed by atoms with van der Waals surface area (Å²) in [6.07, 6.45) is 0. The number of hydrogen-bond acceptors (Lipinski definition) is 15. The van der Waals surface area contributed by atoms with Crippen molar-refractivity contribution in [2.45, 2.75) is 14.7 Å². The van der Waals surface area contributed by atoms with Crippen molar-refractivity contribution >= 4 is 53.1 Å². The molecule has 0 aliphatic rings. The molecule has 0 bridgehead atoms. The number of nitrogens with zero attached hydrogens (tertiary/aromatic N) is 4. The van der Waals surface area contributed by atoms with E-state index in [1.165, 1.54) is 24.3 Å². The number of azo groups is 2. The second-order valence-corrected chi connectivity index (χ2v) is 12.4. The minimum absolute atomic E-state index is 0. The van der Waals surface area contributed by atoms with Crippen molar-refractivity contribution in [1.82, 2.24) is 0 Å². The van der Waals surface area contributed by atoms with E-state index in [4.69, 9.17) is 0 Å². The van der Waals surface area contributed by atoms with Crippen LogP contribution in [0.2, 0.25) is 0 Å². The van der Waals surface area contributed by atoms with E-state index in [2.05, 4.69) is 20.5 Å². The third kappa shape index (κ3) is 10.7. The summed E-state index contributed by atoms with van der Waals surface area (Å²) in [5, 5.41) is 37.4. The second kappa shape index (κ2) is 16.5. The molecule has 0 saturated carbocycles. The van der Waals surface area contributed by atoms with Gasteiger partial charge in [0.2, 0.25) is 0 Å². The van der Waals surface area contributed by atoms with Gasteiger partial charge in [0.15, 0.2) is 11.5 Å². The summed E-state index contributed by atoms with van der Waals surface area (Å²) in [6, 6.07) is 13.9. The predicted octanol–water partition coefficient (Wildman–Crippen LogP) is -4.68. The van der Waals surface area contributed by atoms with Crippen LogP contribution in [0, 0.1) is 0 Å². The molecule has 0 spiro atoms. The zero-order valence-electron chi connectivity index (χ0n) is 23.6. The van der Waals surface area contributed by atoms with Crippen molar-refractivity contribution in [2.24, 2.45) is 20.5 Å². The van der Waals surface area contributed by atoms with Crippen molar-refractivity contribution in [3.05, 3.63) is 78.9 Å². The van der Waals surface area contributed by atoms with Crippen LogP contribution in [0.3, 0.4) is 0 Å². The monoisotopic (exact) mass is 700 g/mol. The van der Waals surface area contributed by atoms with Gasteiger partial charge in [-0.15, -0.1) is 10.2 Å². The largest absolute Gasteiger partial charge is 1.00 e.